The van der Waals surface area contributed by atoms with Crippen LogP contribution >= 0.6 is 0 Å². The Morgan fingerprint density at radius 1 is 1.08 bits per heavy atom. The summed E-state index contributed by atoms with van der Waals surface area (Å²) in [5.41, 5.74) is 1.12. The average molecular weight is 359 g/mol. The van der Waals surface area contributed by atoms with Crippen LogP contribution in [-0.4, -0.2) is 21.9 Å². The number of aliphatic hydroxyl groups excluding tert-OH is 1. The van der Waals surface area contributed by atoms with Crippen LogP contribution in [0.1, 0.15) is 76.7 Å². The Bertz CT molecular complexity index is 654. The summed E-state index contributed by atoms with van der Waals surface area (Å²) in [6.45, 7) is 2.49. The molecule has 1 aromatic rings. The molecule has 3 nitrogen and oxygen atoms in total. The Labute approximate surface area is 157 Å². The predicted molar refractivity (Wildman–Crippen MR) is 101 cm³/mol. The van der Waals surface area contributed by atoms with Gasteiger partial charge in [-0.15, -0.1) is 0 Å². The van der Waals surface area contributed by atoms with Gasteiger partial charge in [0.1, 0.15) is 0 Å². The van der Waals surface area contributed by atoms with Gasteiger partial charge in [-0.05, 0) is 105 Å². The van der Waals surface area contributed by atoms with Crippen molar-refractivity contribution in [3.05, 3.63) is 24.2 Å². The molecule has 3 heteroatoms. The third kappa shape index (κ3) is 2.26. The lowest BCUT2D eigenvalue weighted by molar-refractivity contribution is -0.207. The van der Waals surface area contributed by atoms with Crippen molar-refractivity contribution in [2.24, 2.45) is 28.6 Å². The quantitative estimate of drug-likeness (QED) is 0.805. The first kappa shape index (κ1) is 17.3. The fourth-order valence-corrected chi connectivity index (χ4v) is 8.12. The number of rotatable bonds is 2. The van der Waals surface area contributed by atoms with Gasteiger partial charge in [0.25, 0.3) is 0 Å². The lowest BCUT2D eigenvalue weighted by atomic mass is 9.43. The Morgan fingerprint density at radius 2 is 1.96 bits per heavy atom. The first-order chi connectivity index (χ1) is 12.5. The molecule has 4 aliphatic rings. The lowest BCUT2D eigenvalue weighted by Gasteiger charge is -2.63. The van der Waals surface area contributed by atoms with E-state index in [1.54, 1.807) is 6.26 Å². The number of aliphatic hydroxyl groups is 2. The number of fused-ring (bicyclic) bond motifs is 5. The Morgan fingerprint density at radius 3 is 2.77 bits per heavy atom. The van der Waals surface area contributed by atoms with E-state index in [0.717, 1.165) is 57.8 Å². The van der Waals surface area contributed by atoms with Crippen LogP contribution in [0.2, 0.25) is 0 Å². The summed E-state index contributed by atoms with van der Waals surface area (Å²) in [6, 6.07) is 2.08. The van der Waals surface area contributed by atoms with Crippen LogP contribution in [0, 0.1) is 28.6 Å². The largest absolute Gasteiger partial charge is 0.472 e. The maximum Gasteiger partial charge on any atom is 0.0934 e. The number of furan rings is 1. The summed E-state index contributed by atoms with van der Waals surface area (Å²) >= 11 is 0. The smallest absolute Gasteiger partial charge is 0.0934 e. The van der Waals surface area contributed by atoms with Gasteiger partial charge in [0.2, 0.25) is 0 Å². The Hall–Kier alpha value is -0.800. The van der Waals surface area contributed by atoms with Crippen molar-refractivity contribution in [2.45, 2.75) is 89.3 Å². The molecule has 1 heterocycles. The van der Waals surface area contributed by atoms with Crippen LogP contribution < -0.4 is 0 Å². The van der Waals surface area contributed by atoms with E-state index in [2.05, 4.69) is 13.0 Å². The van der Waals surface area contributed by atoms with Gasteiger partial charge in [-0.3, -0.25) is 0 Å². The van der Waals surface area contributed by atoms with E-state index in [0.29, 0.717) is 23.2 Å². The van der Waals surface area contributed by atoms with Crippen molar-refractivity contribution in [2.75, 3.05) is 0 Å². The third-order valence-electron chi connectivity index (χ3n) is 9.47. The van der Waals surface area contributed by atoms with Crippen LogP contribution in [0.3, 0.4) is 0 Å². The zero-order valence-corrected chi connectivity index (χ0v) is 16.1. The SMILES string of the molecule is C[C@]12CC[C@H](O)C[C@H]1CC[C@@H]1[C@@H]2CC[C@]2(Cc3ccoc3)CCC[C@]12O. The molecular weight excluding hydrogens is 324 g/mol. The van der Waals surface area contributed by atoms with Crippen molar-refractivity contribution in [3.63, 3.8) is 0 Å². The first-order valence-corrected chi connectivity index (χ1v) is 10.9. The molecular formula is C23H34O3. The molecule has 4 saturated carbocycles. The zero-order valence-electron chi connectivity index (χ0n) is 16.1. The average Bonchev–Trinajstić information content (AvgIpc) is 3.23. The second-order valence-corrected chi connectivity index (χ2v) is 10.3. The molecule has 0 aromatic carbocycles. The predicted octanol–water partition coefficient (Wildman–Crippen LogP) is 4.71. The van der Waals surface area contributed by atoms with E-state index < -0.39 is 5.60 Å². The van der Waals surface area contributed by atoms with Crippen molar-refractivity contribution in [1.29, 1.82) is 0 Å². The molecule has 0 radical (unpaired) electrons. The van der Waals surface area contributed by atoms with Gasteiger partial charge in [0.05, 0.1) is 24.2 Å². The summed E-state index contributed by atoms with van der Waals surface area (Å²) in [6.07, 6.45) is 15.7. The standard InChI is InChI=1S/C23H34O3/c1-21-10-5-18(24)13-17(21)3-4-20-19(21)6-11-22(8-2-9-23(20,22)25)14-16-7-12-26-15-16/h7,12,15,17-20,24-25H,2-6,8-11,13-14H2,1H3/t17-,18+,19+,20-,21+,22+,23+/m1/s1. The summed E-state index contributed by atoms with van der Waals surface area (Å²) < 4.78 is 5.33. The number of hydrogen-bond acceptors (Lipinski definition) is 3. The molecule has 0 amide bonds. The summed E-state index contributed by atoms with van der Waals surface area (Å²) in [5, 5.41) is 22.3. The van der Waals surface area contributed by atoms with E-state index in [-0.39, 0.29) is 11.5 Å². The molecule has 0 unspecified atom stereocenters. The van der Waals surface area contributed by atoms with Gasteiger partial charge in [-0.2, -0.15) is 0 Å². The minimum absolute atomic E-state index is 0.0510. The van der Waals surface area contributed by atoms with Crippen molar-refractivity contribution >= 4 is 0 Å². The summed E-state index contributed by atoms with van der Waals surface area (Å²) in [7, 11) is 0. The van der Waals surface area contributed by atoms with Crippen LogP contribution in [0.4, 0.5) is 0 Å². The fourth-order valence-electron chi connectivity index (χ4n) is 8.12. The minimum atomic E-state index is -0.503. The van der Waals surface area contributed by atoms with Gasteiger partial charge in [0, 0.05) is 5.41 Å². The Kier molecular flexibility index (Phi) is 3.89. The van der Waals surface area contributed by atoms with Gasteiger partial charge in [0.15, 0.2) is 0 Å². The zero-order chi connectivity index (χ0) is 18.0. The highest BCUT2D eigenvalue weighted by Gasteiger charge is 2.65. The van der Waals surface area contributed by atoms with E-state index in [1.807, 2.05) is 6.26 Å². The van der Waals surface area contributed by atoms with E-state index >= 15 is 0 Å². The van der Waals surface area contributed by atoms with Crippen LogP contribution in [-0.2, 0) is 6.42 Å². The highest BCUT2D eigenvalue weighted by atomic mass is 16.3. The van der Waals surface area contributed by atoms with Gasteiger partial charge < -0.3 is 14.6 Å². The van der Waals surface area contributed by atoms with Gasteiger partial charge in [-0.25, -0.2) is 0 Å². The summed E-state index contributed by atoms with van der Waals surface area (Å²) in [5.74, 6) is 1.73. The first-order valence-electron chi connectivity index (χ1n) is 10.9. The second-order valence-electron chi connectivity index (χ2n) is 10.3. The monoisotopic (exact) mass is 358 g/mol. The third-order valence-corrected chi connectivity index (χ3v) is 9.47. The maximum absolute atomic E-state index is 12.1. The van der Waals surface area contributed by atoms with Gasteiger partial charge >= 0.3 is 0 Å². The molecule has 4 fully saturated rings. The molecule has 0 bridgehead atoms. The van der Waals surface area contributed by atoms with Crippen molar-refractivity contribution in [1.82, 2.24) is 0 Å². The summed E-state index contributed by atoms with van der Waals surface area (Å²) in [4.78, 5) is 0. The molecule has 144 valence electrons. The molecule has 26 heavy (non-hydrogen) atoms. The number of hydrogen-bond donors (Lipinski definition) is 2. The Balaban J connectivity index is 1.47. The second kappa shape index (κ2) is 5.85. The van der Waals surface area contributed by atoms with Crippen LogP contribution in [0.5, 0.6) is 0 Å². The van der Waals surface area contributed by atoms with Crippen molar-refractivity contribution in [3.8, 4) is 0 Å². The molecule has 4 aliphatic carbocycles. The molecule has 1 aromatic heterocycles. The van der Waals surface area contributed by atoms with Crippen LogP contribution in [0.25, 0.3) is 0 Å². The lowest BCUT2D eigenvalue weighted by Crippen LogP contribution is -2.62. The maximum atomic E-state index is 12.1. The minimum Gasteiger partial charge on any atom is -0.472 e. The van der Waals surface area contributed by atoms with Gasteiger partial charge in [-0.1, -0.05) is 6.92 Å². The fraction of sp³-hybridized carbons (Fsp3) is 0.826. The molecule has 0 aliphatic heterocycles. The molecule has 5 rings (SSSR count). The van der Waals surface area contributed by atoms with Crippen molar-refractivity contribution < 1.29 is 14.6 Å². The molecule has 0 saturated heterocycles. The van der Waals surface area contributed by atoms with E-state index in [9.17, 15) is 10.2 Å². The molecule has 7 atom stereocenters. The highest BCUT2D eigenvalue weighted by Crippen LogP contribution is 2.68. The van der Waals surface area contributed by atoms with Crippen LogP contribution in [0.15, 0.2) is 23.0 Å². The highest BCUT2D eigenvalue weighted by molar-refractivity contribution is 5.20. The van der Waals surface area contributed by atoms with E-state index in [1.165, 1.54) is 18.4 Å². The van der Waals surface area contributed by atoms with E-state index in [4.69, 9.17) is 4.42 Å². The molecule has 2 N–H and O–H groups in total. The normalized spacial score (nSPS) is 50.7. The topological polar surface area (TPSA) is 53.6 Å². The molecule has 0 spiro atoms.